The van der Waals surface area contributed by atoms with Crippen molar-refractivity contribution in [3.63, 3.8) is 0 Å². The molecule has 0 spiro atoms. The van der Waals surface area contributed by atoms with Gasteiger partial charge in [-0.2, -0.15) is 0 Å². The molecule has 0 aliphatic heterocycles. The normalized spacial score (nSPS) is 8.41. The molecule has 84 valence electrons. The van der Waals surface area contributed by atoms with Crippen LogP contribution in [0.4, 0.5) is 16.2 Å². The maximum absolute atomic E-state index is 10.7. The average molecular weight is 229 g/mol. The van der Waals surface area contributed by atoms with Crippen LogP contribution in [0.2, 0.25) is 0 Å². The summed E-state index contributed by atoms with van der Waals surface area (Å²) >= 11 is 0. The van der Waals surface area contributed by atoms with E-state index in [9.17, 15) is 14.9 Å². The first-order chi connectivity index (χ1) is 8.04. The number of nitrogens with zero attached hydrogens (tertiary/aromatic N) is 1. The number of hydrogen-bond donors (Lipinski definition) is 2. The van der Waals surface area contributed by atoms with Crippen molar-refractivity contribution < 1.29 is 9.72 Å². The summed E-state index contributed by atoms with van der Waals surface area (Å²) in [5.74, 6) is 6.88. The minimum Gasteiger partial charge on any atom is -0.351 e. The molecule has 0 heterocycles. The Balaban J connectivity index is 3.26. The van der Waals surface area contributed by atoms with Gasteiger partial charge in [0, 0.05) is 12.1 Å². The summed E-state index contributed by atoms with van der Waals surface area (Å²) in [6.45, 7) is 0. The Morgan fingerprint density at radius 3 is 2.76 bits per heavy atom. The van der Waals surface area contributed by atoms with Gasteiger partial charge < -0.3 is 11.1 Å². The number of nitro groups is 1. The van der Waals surface area contributed by atoms with Gasteiger partial charge in [0.25, 0.3) is 5.69 Å². The molecular weight excluding hydrogens is 222 g/mol. The highest BCUT2D eigenvalue weighted by Crippen LogP contribution is 2.21. The van der Waals surface area contributed by atoms with E-state index in [4.69, 9.17) is 12.2 Å². The van der Waals surface area contributed by atoms with Crippen LogP contribution < -0.4 is 11.1 Å². The van der Waals surface area contributed by atoms with Gasteiger partial charge in [-0.25, -0.2) is 4.79 Å². The van der Waals surface area contributed by atoms with Crippen molar-refractivity contribution in [1.82, 2.24) is 0 Å². The van der Waals surface area contributed by atoms with Gasteiger partial charge in [0.2, 0.25) is 0 Å². The molecule has 0 saturated carbocycles. The van der Waals surface area contributed by atoms with Crippen molar-refractivity contribution in [2.75, 3.05) is 5.32 Å². The van der Waals surface area contributed by atoms with Gasteiger partial charge in [-0.15, -0.1) is 6.42 Å². The predicted octanol–water partition coefficient (Wildman–Crippen LogP) is 1.07. The number of carbonyl (C=O) groups is 1. The molecular formula is C11H7N3O3. The molecule has 0 bridgehead atoms. The number of urea groups is 1. The van der Waals surface area contributed by atoms with Crippen molar-refractivity contribution in [3.05, 3.63) is 33.9 Å². The maximum atomic E-state index is 10.7. The largest absolute Gasteiger partial charge is 0.351 e. The van der Waals surface area contributed by atoms with E-state index in [-0.39, 0.29) is 16.9 Å². The SMILES string of the molecule is C#CC#Cc1cc([N+](=O)[O-])ccc1NC(N)=O. The van der Waals surface area contributed by atoms with E-state index < -0.39 is 11.0 Å². The van der Waals surface area contributed by atoms with Crippen LogP contribution in [0.15, 0.2) is 18.2 Å². The minimum absolute atomic E-state index is 0.152. The fourth-order valence-corrected chi connectivity index (χ4v) is 1.09. The van der Waals surface area contributed by atoms with Crippen LogP contribution >= 0.6 is 0 Å². The number of carbonyl (C=O) groups excluding carboxylic acids is 1. The quantitative estimate of drug-likeness (QED) is 0.450. The Hall–Kier alpha value is -2.99. The molecule has 17 heavy (non-hydrogen) atoms. The molecule has 0 aliphatic carbocycles. The highest BCUT2D eigenvalue weighted by Gasteiger charge is 2.10. The summed E-state index contributed by atoms with van der Waals surface area (Å²) < 4.78 is 0. The van der Waals surface area contributed by atoms with Crippen molar-refractivity contribution in [2.24, 2.45) is 5.73 Å². The van der Waals surface area contributed by atoms with Crippen LogP contribution in [-0.2, 0) is 0 Å². The Kier molecular flexibility index (Phi) is 3.69. The fraction of sp³-hybridized carbons (Fsp3) is 0. The third-order valence-corrected chi connectivity index (χ3v) is 1.74. The molecule has 0 radical (unpaired) electrons. The van der Waals surface area contributed by atoms with E-state index in [0.717, 1.165) is 0 Å². The Labute approximate surface area is 97.0 Å². The van der Waals surface area contributed by atoms with Crippen LogP contribution in [0.25, 0.3) is 0 Å². The predicted molar refractivity (Wildman–Crippen MR) is 62.0 cm³/mol. The zero-order chi connectivity index (χ0) is 12.8. The second kappa shape index (κ2) is 5.19. The summed E-state index contributed by atoms with van der Waals surface area (Å²) in [7, 11) is 0. The monoisotopic (exact) mass is 229 g/mol. The molecule has 3 N–H and O–H groups in total. The first-order valence-electron chi connectivity index (χ1n) is 4.36. The van der Waals surface area contributed by atoms with Gasteiger partial charge in [0.05, 0.1) is 16.2 Å². The van der Waals surface area contributed by atoms with Gasteiger partial charge in [-0.3, -0.25) is 10.1 Å². The van der Waals surface area contributed by atoms with Gasteiger partial charge >= 0.3 is 6.03 Å². The lowest BCUT2D eigenvalue weighted by Gasteiger charge is -2.04. The van der Waals surface area contributed by atoms with E-state index in [1.54, 1.807) is 0 Å². The van der Waals surface area contributed by atoms with Crippen LogP contribution in [-0.4, -0.2) is 11.0 Å². The zero-order valence-electron chi connectivity index (χ0n) is 8.56. The number of hydrogen-bond acceptors (Lipinski definition) is 3. The van der Waals surface area contributed by atoms with E-state index in [1.165, 1.54) is 18.2 Å². The second-order valence-electron chi connectivity index (χ2n) is 2.87. The number of primary amides is 1. The molecule has 6 nitrogen and oxygen atoms in total. The summed E-state index contributed by atoms with van der Waals surface area (Å²) in [6, 6.07) is 2.98. The summed E-state index contributed by atoms with van der Waals surface area (Å²) in [6.07, 6.45) is 4.96. The molecule has 0 aromatic heterocycles. The van der Waals surface area contributed by atoms with Gasteiger partial charge in [-0.1, -0.05) is 5.92 Å². The number of nitrogens with one attached hydrogen (secondary N) is 1. The zero-order valence-corrected chi connectivity index (χ0v) is 8.56. The van der Waals surface area contributed by atoms with Crippen molar-refractivity contribution in [3.8, 4) is 24.2 Å². The van der Waals surface area contributed by atoms with Crippen molar-refractivity contribution >= 4 is 17.4 Å². The Bertz CT molecular complexity index is 576. The fourth-order valence-electron chi connectivity index (χ4n) is 1.09. The molecule has 1 aromatic rings. The third kappa shape index (κ3) is 3.26. The molecule has 0 unspecified atom stereocenters. The molecule has 0 saturated heterocycles. The van der Waals surface area contributed by atoms with Gasteiger partial charge in [0.1, 0.15) is 0 Å². The standard InChI is InChI=1S/C11H7N3O3/c1-2-3-4-8-7-9(14(16)17)5-6-10(8)13-11(12)15/h1,5-7H,(H3,12,13,15). The lowest BCUT2D eigenvalue weighted by atomic mass is 10.1. The second-order valence-corrected chi connectivity index (χ2v) is 2.87. The molecule has 6 heteroatoms. The smallest absolute Gasteiger partial charge is 0.316 e. The first-order valence-corrected chi connectivity index (χ1v) is 4.36. The Morgan fingerprint density at radius 1 is 1.53 bits per heavy atom. The van der Waals surface area contributed by atoms with Gasteiger partial charge in [-0.05, 0) is 17.9 Å². The van der Waals surface area contributed by atoms with Crippen LogP contribution in [0.1, 0.15) is 5.56 Å². The molecule has 0 atom stereocenters. The molecule has 1 aromatic carbocycles. The maximum Gasteiger partial charge on any atom is 0.316 e. The highest BCUT2D eigenvalue weighted by atomic mass is 16.6. The summed E-state index contributed by atoms with van der Waals surface area (Å²) in [5, 5.41) is 12.9. The van der Waals surface area contributed by atoms with E-state index in [1.807, 2.05) is 0 Å². The summed E-state index contributed by atoms with van der Waals surface area (Å²) in [5.41, 5.74) is 5.30. The van der Waals surface area contributed by atoms with E-state index in [0.29, 0.717) is 0 Å². The van der Waals surface area contributed by atoms with Crippen LogP contribution in [0.5, 0.6) is 0 Å². The number of anilines is 1. The molecule has 0 aliphatic rings. The highest BCUT2D eigenvalue weighted by molar-refractivity contribution is 5.89. The lowest BCUT2D eigenvalue weighted by Crippen LogP contribution is -2.19. The number of terminal acetylenes is 1. The molecule has 2 amide bonds. The van der Waals surface area contributed by atoms with Gasteiger partial charge in [0.15, 0.2) is 0 Å². The number of nitrogens with two attached hydrogens (primary N) is 1. The summed E-state index contributed by atoms with van der Waals surface area (Å²) in [4.78, 5) is 20.7. The topological polar surface area (TPSA) is 98.3 Å². The lowest BCUT2D eigenvalue weighted by molar-refractivity contribution is -0.384. The number of non-ortho nitro benzene ring substituents is 1. The number of rotatable bonds is 2. The van der Waals surface area contributed by atoms with Crippen molar-refractivity contribution in [1.29, 1.82) is 0 Å². The van der Waals surface area contributed by atoms with Crippen molar-refractivity contribution in [2.45, 2.75) is 0 Å². The van der Waals surface area contributed by atoms with E-state index >= 15 is 0 Å². The van der Waals surface area contributed by atoms with E-state index in [2.05, 4.69) is 23.1 Å². The molecule has 1 rings (SSSR count). The van der Waals surface area contributed by atoms with Crippen LogP contribution in [0.3, 0.4) is 0 Å². The number of benzene rings is 1. The number of nitro benzene ring substituents is 1. The third-order valence-electron chi connectivity index (χ3n) is 1.74. The first kappa shape index (κ1) is 12.1. The number of amides is 2. The Morgan fingerprint density at radius 2 is 2.24 bits per heavy atom. The molecule has 0 fully saturated rings. The van der Waals surface area contributed by atoms with Crippen LogP contribution in [0, 0.1) is 34.3 Å². The average Bonchev–Trinajstić information content (AvgIpc) is 2.26. The minimum atomic E-state index is -0.789.